The third-order valence-corrected chi connectivity index (χ3v) is 3.61. The van der Waals surface area contributed by atoms with Crippen molar-refractivity contribution >= 4 is 0 Å². The Morgan fingerprint density at radius 1 is 1.41 bits per heavy atom. The quantitative estimate of drug-likeness (QED) is 0.741. The average molecular weight is 238 g/mol. The van der Waals surface area contributed by atoms with Crippen molar-refractivity contribution in [1.29, 1.82) is 5.26 Å². The fourth-order valence-electron chi connectivity index (χ4n) is 2.46. The Morgan fingerprint density at radius 2 is 2.24 bits per heavy atom. The van der Waals surface area contributed by atoms with Crippen LogP contribution in [-0.2, 0) is 4.74 Å². The van der Waals surface area contributed by atoms with Crippen LogP contribution in [0.2, 0.25) is 0 Å². The summed E-state index contributed by atoms with van der Waals surface area (Å²) in [5.41, 5.74) is 0. The summed E-state index contributed by atoms with van der Waals surface area (Å²) in [7, 11) is 0. The smallest absolute Gasteiger partial charge is 0.119 e. The van der Waals surface area contributed by atoms with Crippen LogP contribution < -0.4 is 5.32 Å². The minimum absolute atomic E-state index is 0.142. The zero-order chi connectivity index (χ0) is 12.5. The van der Waals surface area contributed by atoms with Crippen molar-refractivity contribution in [2.45, 2.75) is 64.5 Å². The zero-order valence-electron chi connectivity index (χ0n) is 11.2. The average Bonchev–Trinajstić information content (AvgIpc) is 2.39. The van der Waals surface area contributed by atoms with Crippen LogP contribution in [0.4, 0.5) is 0 Å². The van der Waals surface area contributed by atoms with Gasteiger partial charge in [0.15, 0.2) is 0 Å². The minimum Gasteiger partial charge on any atom is -0.375 e. The Labute approximate surface area is 106 Å². The van der Waals surface area contributed by atoms with Crippen molar-refractivity contribution in [3.63, 3.8) is 0 Å². The number of nitrogens with one attached hydrogen (secondary N) is 1. The molecule has 3 heteroatoms. The number of hydrogen-bond donors (Lipinski definition) is 1. The highest BCUT2D eigenvalue weighted by atomic mass is 16.5. The summed E-state index contributed by atoms with van der Waals surface area (Å²) in [6.45, 7) is 5.80. The number of ether oxygens (including phenoxy) is 1. The zero-order valence-corrected chi connectivity index (χ0v) is 11.2. The van der Waals surface area contributed by atoms with E-state index in [9.17, 15) is 0 Å². The molecule has 17 heavy (non-hydrogen) atoms. The number of hydrogen-bond acceptors (Lipinski definition) is 3. The molecule has 1 saturated carbocycles. The van der Waals surface area contributed by atoms with Crippen molar-refractivity contribution in [3.8, 4) is 6.07 Å². The molecule has 0 heterocycles. The molecular formula is C14H26N2O. The van der Waals surface area contributed by atoms with Gasteiger partial charge < -0.3 is 10.1 Å². The second-order valence-corrected chi connectivity index (χ2v) is 5.03. The van der Waals surface area contributed by atoms with Gasteiger partial charge in [0.2, 0.25) is 0 Å². The van der Waals surface area contributed by atoms with Gasteiger partial charge in [-0.15, -0.1) is 0 Å². The van der Waals surface area contributed by atoms with Crippen molar-refractivity contribution in [3.05, 3.63) is 0 Å². The van der Waals surface area contributed by atoms with E-state index in [2.05, 4.69) is 25.2 Å². The fraction of sp³-hybridized carbons (Fsp3) is 0.929. The van der Waals surface area contributed by atoms with Gasteiger partial charge in [-0.25, -0.2) is 0 Å². The van der Waals surface area contributed by atoms with Gasteiger partial charge in [-0.2, -0.15) is 5.26 Å². The number of nitrogens with zero attached hydrogens (tertiary/aromatic N) is 1. The molecule has 1 rings (SSSR count). The molecule has 0 bridgehead atoms. The Hall–Kier alpha value is -0.590. The predicted molar refractivity (Wildman–Crippen MR) is 69.7 cm³/mol. The molecule has 3 atom stereocenters. The summed E-state index contributed by atoms with van der Waals surface area (Å²) < 4.78 is 5.88. The highest BCUT2D eigenvalue weighted by molar-refractivity contribution is 4.89. The van der Waals surface area contributed by atoms with Crippen LogP contribution in [0.25, 0.3) is 0 Å². The van der Waals surface area contributed by atoms with Crippen molar-refractivity contribution in [1.82, 2.24) is 5.32 Å². The van der Waals surface area contributed by atoms with E-state index < -0.39 is 0 Å². The minimum atomic E-state index is -0.142. The summed E-state index contributed by atoms with van der Waals surface area (Å²) >= 11 is 0. The SMILES string of the molecule is CCCNC(C#N)COC1CCCC(CC)C1. The van der Waals surface area contributed by atoms with E-state index in [1.54, 1.807) is 0 Å². The van der Waals surface area contributed by atoms with Crippen molar-refractivity contribution in [2.75, 3.05) is 13.2 Å². The lowest BCUT2D eigenvalue weighted by molar-refractivity contribution is 0.00753. The highest BCUT2D eigenvalue weighted by Gasteiger charge is 2.22. The predicted octanol–water partition coefficient (Wildman–Crippen LogP) is 2.86. The first-order valence-electron chi connectivity index (χ1n) is 7.04. The Balaban J connectivity index is 2.21. The Kier molecular flexibility index (Phi) is 7.23. The van der Waals surface area contributed by atoms with E-state index in [4.69, 9.17) is 10.00 Å². The van der Waals surface area contributed by atoms with E-state index in [0.29, 0.717) is 12.7 Å². The molecule has 0 spiro atoms. The third-order valence-electron chi connectivity index (χ3n) is 3.61. The Morgan fingerprint density at radius 3 is 2.88 bits per heavy atom. The summed E-state index contributed by atoms with van der Waals surface area (Å²) in [5, 5.41) is 12.2. The number of nitriles is 1. The third kappa shape index (κ3) is 5.52. The summed E-state index contributed by atoms with van der Waals surface area (Å²) in [6.07, 6.45) is 7.68. The van der Waals surface area contributed by atoms with E-state index in [-0.39, 0.29) is 6.04 Å². The van der Waals surface area contributed by atoms with Gasteiger partial charge in [-0.1, -0.05) is 33.1 Å². The molecule has 0 aromatic carbocycles. The molecule has 3 unspecified atom stereocenters. The first kappa shape index (κ1) is 14.5. The summed E-state index contributed by atoms with van der Waals surface area (Å²) in [4.78, 5) is 0. The molecular weight excluding hydrogens is 212 g/mol. The van der Waals surface area contributed by atoms with Crippen LogP contribution in [0.15, 0.2) is 0 Å². The number of rotatable bonds is 7. The van der Waals surface area contributed by atoms with Gasteiger partial charge in [-0.05, 0) is 31.7 Å². The van der Waals surface area contributed by atoms with Gasteiger partial charge in [0.1, 0.15) is 6.04 Å². The molecule has 0 aromatic rings. The lowest BCUT2D eigenvalue weighted by Gasteiger charge is -2.29. The van der Waals surface area contributed by atoms with Crippen molar-refractivity contribution < 1.29 is 4.74 Å². The standard InChI is InChI=1S/C14H26N2O/c1-3-8-16-13(10-15)11-17-14-7-5-6-12(4-2)9-14/h12-14,16H,3-9,11H2,1-2H3. The lowest BCUT2D eigenvalue weighted by atomic mass is 9.85. The highest BCUT2D eigenvalue weighted by Crippen LogP contribution is 2.28. The van der Waals surface area contributed by atoms with Gasteiger partial charge in [0.25, 0.3) is 0 Å². The largest absolute Gasteiger partial charge is 0.375 e. The van der Waals surface area contributed by atoms with Gasteiger partial charge in [0.05, 0.1) is 18.8 Å². The molecule has 0 amide bonds. The topological polar surface area (TPSA) is 45.0 Å². The molecule has 0 radical (unpaired) electrons. The molecule has 1 aliphatic rings. The van der Waals surface area contributed by atoms with Crippen LogP contribution >= 0.6 is 0 Å². The van der Waals surface area contributed by atoms with E-state index in [1.807, 2.05) is 0 Å². The molecule has 3 nitrogen and oxygen atoms in total. The van der Waals surface area contributed by atoms with E-state index >= 15 is 0 Å². The molecule has 0 aliphatic heterocycles. The first-order valence-corrected chi connectivity index (χ1v) is 7.04. The van der Waals surface area contributed by atoms with E-state index in [1.165, 1.54) is 32.1 Å². The van der Waals surface area contributed by atoms with Crippen LogP contribution in [0.5, 0.6) is 0 Å². The maximum absolute atomic E-state index is 8.99. The van der Waals surface area contributed by atoms with E-state index in [0.717, 1.165) is 18.9 Å². The van der Waals surface area contributed by atoms with Crippen molar-refractivity contribution in [2.24, 2.45) is 5.92 Å². The maximum Gasteiger partial charge on any atom is 0.119 e. The molecule has 1 aliphatic carbocycles. The molecule has 0 aromatic heterocycles. The van der Waals surface area contributed by atoms with Gasteiger partial charge in [-0.3, -0.25) is 0 Å². The van der Waals surface area contributed by atoms with Crippen LogP contribution in [0, 0.1) is 17.2 Å². The summed E-state index contributed by atoms with van der Waals surface area (Å²) in [5.74, 6) is 0.831. The van der Waals surface area contributed by atoms with Crippen LogP contribution in [0.1, 0.15) is 52.4 Å². The van der Waals surface area contributed by atoms with Crippen LogP contribution in [-0.4, -0.2) is 25.3 Å². The normalized spacial score (nSPS) is 26.4. The summed E-state index contributed by atoms with van der Waals surface area (Å²) in [6, 6.07) is 2.12. The second-order valence-electron chi connectivity index (χ2n) is 5.03. The maximum atomic E-state index is 8.99. The molecule has 0 saturated heterocycles. The first-order chi connectivity index (χ1) is 8.30. The monoisotopic (exact) mass is 238 g/mol. The molecule has 1 N–H and O–H groups in total. The van der Waals surface area contributed by atoms with Gasteiger partial charge in [0, 0.05) is 0 Å². The molecule has 1 fully saturated rings. The second kappa shape index (κ2) is 8.49. The fourth-order valence-corrected chi connectivity index (χ4v) is 2.46. The van der Waals surface area contributed by atoms with Crippen LogP contribution in [0.3, 0.4) is 0 Å². The lowest BCUT2D eigenvalue weighted by Crippen LogP contribution is -2.35. The Bertz CT molecular complexity index is 237. The molecule has 98 valence electrons. The van der Waals surface area contributed by atoms with Gasteiger partial charge >= 0.3 is 0 Å².